The van der Waals surface area contributed by atoms with Gasteiger partial charge in [-0.3, -0.25) is 24.2 Å². The molecule has 1 aromatic heterocycles. The Morgan fingerprint density at radius 2 is 1.60 bits per heavy atom. The van der Waals surface area contributed by atoms with Gasteiger partial charge < -0.3 is 25.3 Å². The molecule has 3 heterocycles. The number of halogens is 1. The molecule has 2 aromatic carbocycles. The Morgan fingerprint density at radius 3 is 2.28 bits per heavy atom. The maximum atomic E-state index is 14.2. The molecule has 3 aromatic rings. The monoisotopic (exact) mass is 656 g/mol. The van der Waals surface area contributed by atoms with E-state index in [1.165, 1.54) is 18.8 Å². The third kappa shape index (κ3) is 7.43. The predicted octanol–water partition coefficient (Wildman–Crippen LogP) is 4.19. The molecule has 1 atom stereocenters. The summed E-state index contributed by atoms with van der Waals surface area (Å²) in [6.45, 7) is 0.972. The van der Waals surface area contributed by atoms with E-state index in [0.29, 0.717) is 43.2 Å². The van der Waals surface area contributed by atoms with Gasteiger partial charge in [0.2, 0.25) is 11.8 Å². The van der Waals surface area contributed by atoms with Gasteiger partial charge in [0.25, 0.3) is 11.8 Å². The van der Waals surface area contributed by atoms with E-state index in [0.717, 1.165) is 36.9 Å². The van der Waals surface area contributed by atoms with Crippen LogP contribution in [-0.2, 0) is 20.8 Å². The van der Waals surface area contributed by atoms with Gasteiger partial charge in [-0.2, -0.15) is 0 Å². The zero-order valence-corrected chi connectivity index (χ0v) is 27.2. The van der Waals surface area contributed by atoms with Gasteiger partial charge in [-0.25, -0.2) is 0 Å². The molecular weight excluding hydrogens is 616 g/mol. The van der Waals surface area contributed by atoms with E-state index in [9.17, 15) is 19.2 Å². The van der Waals surface area contributed by atoms with Crippen LogP contribution in [0.25, 0.3) is 0 Å². The Morgan fingerprint density at radius 1 is 0.915 bits per heavy atom. The average molecular weight is 657 g/mol. The van der Waals surface area contributed by atoms with Gasteiger partial charge in [-0.1, -0.05) is 61.2 Å². The summed E-state index contributed by atoms with van der Waals surface area (Å²) < 4.78 is 0. The molecule has 0 radical (unpaired) electrons. The van der Waals surface area contributed by atoms with Crippen molar-refractivity contribution in [2.24, 2.45) is 0 Å². The fourth-order valence-electron chi connectivity index (χ4n) is 7.13. The smallest absolute Gasteiger partial charge is 0.252 e. The number of aromatic nitrogens is 1. The third-order valence-corrected chi connectivity index (χ3v) is 9.94. The highest BCUT2D eigenvalue weighted by Gasteiger charge is 2.54. The molecule has 1 unspecified atom stereocenters. The van der Waals surface area contributed by atoms with Gasteiger partial charge in [0, 0.05) is 54.2 Å². The number of anilines is 1. The zero-order valence-electron chi connectivity index (χ0n) is 26.4. The van der Waals surface area contributed by atoms with Crippen LogP contribution in [0, 0.1) is 0 Å². The molecule has 1 spiro atoms. The first-order valence-corrected chi connectivity index (χ1v) is 16.9. The number of benzene rings is 2. The molecule has 0 bridgehead atoms. The highest BCUT2D eigenvalue weighted by atomic mass is 35.5. The number of carbonyl (C=O) groups excluding carboxylic acids is 4. The Bertz CT molecular complexity index is 1560. The summed E-state index contributed by atoms with van der Waals surface area (Å²) >= 11 is 6.10. The van der Waals surface area contributed by atoms with Crippen LogP contribution in [0.3, 0.4) is 0 Å². The van der Waals surface area contributed by atoms with Gasteiger partial charge in [-0.05, 0) is 67.6 Å². The molecular formula is C36H41ClN6O4. The second kappa shape index (κ2) is 14.5. The highest BCUT2D eigenvalue weighted by Crippen LogP contribution is 2.39. The van der Waals surface area contributed by atoms with Crippen LogP contribution < -0.4 is 15.5 Å². The van der Waals surface area contributed by atoms with Crippen LogP contribution in [0.4, 0.5) is 5.69 Å². The minimum Gasteiger partial charge on any atom is -0.352 e. The van der Waals surface area contributed by atoms with Gasteiger partial charge in [-0.15, -0.1) is 0 Å². The van der Waals surface area contributed by atoms with Gasteiger partial charge >= 0.3 is 0 Å². The lowest BCUT2D eigenvalue weighted by atomic mass is 9.85. The fraction of sp³-hybridized carbons (Fsp3) is 0.417. The zero-order chi connectivity index (χ0) is 32.8. The van der Waals surface area contributed by atoms with Crippen LogP contribution in [0.2, 0.25) is 5.02 Å². The van der Waals surface area contributed by atoms with Gasteiger partial charge in [0.05, 0.1) is 6.67 Å². The second-order valence-corrected chi connectivity index (χ2v) is 13.2. The van der Waals surface area contributed by atoms with Crippen LogP contribution in [-0.4, -0.2) is 82.3 Å². The lowest BCUT2D eigenvalue weighted by molar-refractivity contribution is -0.140. The van der Waals surface area contributed by atoms with Crippen molar-refractivity contribution >= 4 is 40.9 Å². The standard InChI is InChI=1S/C36H41ClN6O4/c37-28-13-11-26(12-14-28)23-31(40-33(45)27-15-19-38-20-16-27)34(46)41-21-17-36(18-22-41)35(47)42(25-43(36)30-9-5-2-6-10-30)24-32(44)39-29-7-3-1-4-8-29/h2,5-6,9-16,19-20,29,31H,1,3-4,7-8,17-18,21-25H2,(H,39,44)(H,40,45). The Kier molecular flexibility index (Phi) is 10.1. The molecule has 4 amide bonds. The number of rotatable bonds is 9. The number of carbonyl (C=O) groups is 4. The summed E-state index contributed by atoms with van der Waals surface area (Å²) in [4.78, 5) is 64.0. The number of nitrogens with one attached hydrogen (secondary N) is 2. The van der Waals surface area contributed by atoms with Crippen molar-refractivity contribution in [3.8, 4) is 0 Å². The molecule has 1 saturated carbocycles. The van der Waals surface area contributed by atoms with E-state index in [4.69, 9.17) is 11.6 Å². The summed E-state index contributed by atoms with van der Waals surface area (Å²) in [7, 11) is 0. The van der Waals surface area contributed by atoms with Crippen molar-refractivity contribution < 1.29 is 19.2 Å². The summed E-state index contributed by atoms with van der Waals surface area (Å²) in [6.07, 6.45) is 9.54. The maximum absolute atomic E-state index is 14.2. The number of piperidine rings is 1. The van der Waals surface area contributed by atoms with Crippen LogP contribution >= 0.6 is 11.6 Å². The minimum atomic E-state index is -0.880. The van der Waals surface area contributed by atoms with Crippen LogP contribution in [0.5, 0.6) is 0 Å². The Labute approximate surface area is 280 Å². The maximum Gasteiger partial charge on any atom is 0.252 e. The van der Waals surface area contributed by atoms with Crippen molar-refractivity contribution in [3.05, 3.63) is 95.3 Å². The molecule has 47 heavy (non-hydrogen) atoms. The number of hydrogen-bond donors (Lipinski definition) is 2. The number of para-hydroxylation sites is 1. The number of amides is 4. The van der Waals surface area contributed by atoms with Gasteiger partial charge in [0.1, 0.15) is 18.1 Å². The molecule has 6 rings (SSSR count). The summed E-state index contributed by atoms with van der Waals surface area (Å²) in [5, 5.41) is 6.67. The molecule has 2 aliphatic heterocycles. The molecule has 2 saturated heterocycles. The van der Waals surface area contributed by atoms with Crippen LogP contribution in [0.15, 0.2) is 79.1 Å². The third-order valence-electron chi connectivity index (χ3n) is 9.69. The lowest BCUT2D eigenvalue weighted by Gasteiger charge is -2.44. The van der Waals surface area contributed by atoms with E-state index < -0.39 is 11.6 Å². The summed E-state index contributed by atoms with van der Waals surface area (Å²) in [6, 6.07) is 19.6. The van der Waals surface area contributed by atoms with Crippen molar-refractivity contribution in [1.82, 2.24) is 25.4 Å². The van der Waals surface area contributed by atoms with E-state index in [-0.39, 0.29) is 42.6 Å². The SMILES string of the molecule is O=C(CN1CN(c2ccccc2)C2(CCN(C(=O)C(Cc3ccc(Cl)cc3)NC(=O)c3ccncc3)CC2)C1=O)NC1CCCCC1. The first-order chi connectivity index (χ1) is 22.8. The number of hydrogen-bond acceptors (Lipinski definition) is 6. The second-order valence-electron chi connectivity index (χ2n) is 12.8. The quantitative estimate of drug-likeness (QED) is 0.357. The van der Waals surface area contributed by atoms with Crippen molar-refractivity contribution in [1.29, 1.82) is 0 Å². The number of likely N-dealkylation sites (tertiary alicyclic amines) is 1. The first-order valence-electron chi connectivity index (χ1n) is 16.5. The molecule has 246 valence electrons. The molecule has 2 N–H and O–H groups in total. The van der Waals surface area contributed by atoms with Crippen molar-refractivity contribution in [2.45, 2.75) is 69.0 Å². The van der Waals surface area contributed by atoms with E-state index >= 15 is 0 Å². The first kappa shape index (κ1) is 32.5. The molecule has 3 fully saturated rings. The van der Waals surface area contributed by atoms with Crippen LogP contribution in [0.1, 0.15) is 60.9 Å². The molecule has 3 aliphatic rings. The Hall–Kier alpha value is -4.44. The summed E-state index contributed by atoms with van der Waals surface area (Å²) in [5.74, 6) is -0.789. The molecule has 11 heteroatoms. The summed E-state index contributed by atoms with van der Waals surface area (Å²) in [5.41, 5.74) is 1.30. The molecule has 10 nitrogen and oxygen atoms in total. The van der Waals surface area contributed by atoms with Gasteiger partial charge in [0.15, 0.2) is 0 Å². The normalized spacial score (nSPS) is 18.7. The topological polar surface area (TPSA) is 115 Å². The average Bonchev–Trinajstić information content (AvgIpc) is 3.36. The Balaban J connectivity index is 1.18. The molecule has 1 aliphatic carbocycles. The minimum absolute atomic E-state index is 0.00721. The van der Waals surface area contributed by atoms with E-state index in [2.05, 4.69) is 20.5 Å². The predicted molar refractivity (Wildman–Crippen MR) is 180 cm³/mol. The fourth-order valence-corrected chi connectivity index (χ4v) is 7.26. The van der Waals surface area contributed by atoms with E-state index in [1.807, 2.05) is 42.5 Å². The number of pyridine rings is 1. The number of nitrogens with zero attached hydrogens (tertiary/aromatic N) is 4. The van der Waals surface area contributed by atoms with Crippen molar-refractivity contribution in [3.63, 3.8) is 0 Å². The highest BCUT2D eigenvalue weighted by molar-refractivity contribution is 6.30. The largest absolute Gasteiger partial charge is 0.352 e. The lowest BCUT2D eigenvalue weighted by Crippen LogP contribution is -2.60. The van der Waals surface area contributed by atoms with E-state index in [1.54, 1.807) is 34.1 Å². The van der Waals surface area contributed by atoms with Crippen molar-refractivity contribution in [2.75, 3.05) is 31.2 Å².